The Morgan fingerprint density at radius 2 is 2.10 bits per heavy atom. The summed E-state index contributed by atoms with van der Waals surface area (Å²) in [4.78, 5) is 7.09. The summed E-state index contributed by atoms with van der Waals surface area (Å²) in [6.07, 6.45) is 0. The first kappa shape index (κ1) is 7.38. The Morgan fingerprint density at radius 1 is 1.50 bits per heavy atom. The van der Waals surface area contributed by atoms with Crippen molar-refractivity contribution >= 4 is 13.6 Å². The zero-order valence-corrected chi connectivity index (χ0v) is 6.60. The first-order valence-corrected chi connectivity index (χ1v) is 3.43. The van der Waals surface area contributed by atoms with Crippen LogP contribution in [0.2, 0.25) is 0 Å². The lowest BCUT2D eigenvalue weighted by Crippen LogP contribution is -2.06. The Morgan fingerprint density at radius 3 is 2.30 bits per heavy atom. The van der Waals surface area contributed by atoms with Crippen LogP contribution in [0.5, 0.6) is 0 Å². The third-order valence-corrected chi connectivity index (χ3v) is 1.49. The minimum absolute atomic E-state index is 0.452. The second kappa shape index (κ2) is 2.49. The third-order valence-electron chi connectivity index (χ3n) is 1.49. The molecule has 10 heavy (non-hydrogen) atoms. The topological polar surface area (TPSA) is 28.7 Å². The van der Waals surface area contributed by atoms with E-state index in [0.29, 0.717) is 11.6 Å². The maximum Gasteiger partial charge on any atom is 0.167 e. The minimum Gasteiger partial charge on any atom is -0.355 e. The predicted molar refractivity (Wildman–Crippen MR) is 42.8 cm³/mol. The van der Waals surface area contributed by atoms with E-state index in [1.807, 2.05) is 6.92 Å². The molecule has 0 aromatic carbocycles. The van der Waals surface area contributed by atoms with Gasteiger partial charge < -0.3 is 4.98 Å². The lowest BCUT2D eigenvalue weighted by atomic mass is 10.1. The van der Waals surface area contributed by atoms with E-state index in [1.54, 1.807) is 0 Å². The summed E-state index contributed by atoms with van der Waals surface area (Å²) in [6.45, 7) is 6.18. The van der Waals surface area contributed by atoms with Crippen LogP contribution < -0.4 is 5.72 Å². The van der Waals surface area contributed by atoms with Gasteiger partial charge in [0.05, 0.1) is 5.69 Å². The van der Waals surface area contributed by atoms with Gasteiger partial charge in [0.2, 0.25) is 0 Å². The van der Waals surface area contributed by atoms with E-state index in [0.717, 1.165) is 11.4 Å². The molecule has 0 saturated carbocycles. The molecule has 0 aliphatic heterocycles. The summed E-state index contributed by atoms with van der Waals surface area (Å²) in [5, 5.41) is 0. The number of aryl methyl sites for hydroxylation is 1. The average molecular weight is 134 g/mol. The van der Waals surface area contributed by atoms with Gasteiger partial charge in [-0.15, -0.1) is 0 Å². The van der Waals surface area contributed by atoms with Crippen LogP contribution in [0.3, 0.4) is 0 Å². The van der Waals surface area contributed by atoms with Crippen molar-refractivity contribution in [1.82, 2.24) is 9.97 Å². The Kier molecular flexibility index (Phi) is 1.83. The van der Waals surface area contributed by atoms with Gasteiger partial charge in [0, 0.05) is 11.4 Å². The lowest BCUT2D eigenvalue weighted by Gasteiger charge is -1.99. The van der Waals surface area contributed by atoms with Crippen molar-refractivity contribution in [2.45, 2.75) is 26.7 Å². The van der Waals surface area contributed by atoms with E-state index in [2.05, 4.69) is 23.8 Å². The number of nitrogens with one attached hydrogen (secondary N) is 1. The standard InChI is InChI=1S/C7H11BN2/c1-4(2)6-5(3)9-7(8)10-6/h4H,1-3H3,(H,9,10). The minimum atomic E-state index is 0.452. The Balaban J connectivity index is 3.03. The number of nitrogens with zero attached hydrogens (tertiary/aromatic N) is 1. The summed E-state index contributed by atoms with van der Waals surface area (Å²) < 4.78 is 0. The largest absolute Gasteiger partial charge is 0.355 e. The maximum atomic E-state index is 5.45. The van der Waals surface area contributed by atoms with Crippen molar-refractivity contribution in [3.05, 3.63) is 11.4 Å². The van der Waals surface area contributed by atoms with E-state index in [1.165, 1.54) is 0 Å². The summed E-state index contributed by atoms with van der Waals surface area (Å²) in [6, 6.07) is 0. The smallest absolute Gasteiger partial charge is 0.167 e. The van der Waals surface area contributed by atoms with E-state index in [9.17, 15) is 0 Å². The highest BCUT2D eigenvalue weighted by molar-refractivity contribution is 6.29. The number of imidazole rings is 1. The molecule has 0 unspecified atom stereocenters. The molecule has 0 bridgehead atoms. The highest BCUT2D eigenvalue weighted by Gasteiger charge is 2.06. The molecule has 0 amide bonds. The highest BCUT2D eigenvalue weighted by Crippen LogP contribution is 2.12. The fourth-order valence-corrected chi connectivity index (χ4v) is 1.06. The average Bonchev–Trinajstić information content (AvgIpc) is 2.10. The monoisotopic (exact) mass is 134 g/mol. The Bertz CT molecular complexity index is 228. The van der Waals surface area contributed by atoms with Crippen molar-refractivity contribution < 1.29 is 0 Å². The lowest BCUT2D eigenvalue weighted by molar-refractivity contribution is 0.823. The molecular formula is C7H11BN2. The van der Waals surface area contributed by atoms with E-state index < -0.39 is 0 Å². The van der Waals surface area contributed by atoms with Crippen LogP contribution in [0.4, 0.5) is 0 Å². The normalized spacial score (nSPS) is 10.8. The van der Waals surface area contributed by atoms with Crippen molar-refractivity contribution in [1.29, 1.82) is 0 Å². The first-order chi connectivity index (χ1) is 4.61. The van der Waals surface area contributed by atoms with E-state index >= 15 is 0 Å². The van der Waals surface area contributed by atoms with Crippen molar-refractivity contribution in [2.24, 2.45) is 0 Å². The predicted octanol–water partition coefficient (Wildman–Crippen LogP) is 0.635. The molecule has 52 valence electrons. The summed E-state index contributed by atoms with van der Waals surface area (Å²) in [5.41, 5.74) is 2.66. The van der Waals surface area contributed by atoms with E-state index in [-0.39, 0.29) is 0 Å². The molecule has 0 aliphatic rings. The number of aromatic amines is 1. The molecule has 0 aliphatic carbocycles. The first-order valence-electron chi connectivity index (χ1n) is 3.43. The van der Waals surface area contributed by atoms with Gasteiger partial charge in [0.15, 0.2) is 7.85 Å². The number of hydrogen-bond acceptors (Lipinski definition) is 1. The number of hydrogen-bond donors (Lipinski definition) is 1. The molecule has 0 fully saturated rings. The summed E-state index contributed by atoms with van der Waals surface area (Å²) in [7, 11) is 5.45. The maximum absolute atomic E-state index is 5.45. The molecule has 1 rings (SSSR count). The zero-order chi connectivity index (χ0) is 7.72. The molecule has 0 atom stereocenters. The second-order valence-corrected chi connectivity index (χ2v) is 2.79. The van der Waals surface area contributed by atoms with Gasteiger partial charge in [-0.05, 0) is 12.8 Å². The molecule has 2 nitrogen and oxygen atoms in total. The molecule has 0 spiro atoms. The zero-order valence-electron chi connectivity index (χ0n) is 6.60. The van der Waals surface area contributed by atoms with Gasteiger partial charge in [0.25, 0.3) is 0 Å². The fraction of sp³-hybridized carbons (Fsp3) is 0.571. The van der Waals surface area contributed by atoms with E-state index in [4.69, 9.17) is 7.85 Å². The Hall–Kier alpha value is -0.725. The van der Waals surface area contributed by atoms with Crippen LogP contribution in [-0.2, 0) is 0 Å². The van der Waals surface area contributed by atoms with Crippen LogP contribution in [0.15, 0.2) is 0 Å². The van der Waals surface area contributed by atoms with Gasteiger partial charge >= 0.3 is 0 Å². The highest BCUT2D eigenvalue weighted by atomic mass is 14.9. The number of rotatable bonds is 1. The molecule has 2 radical (unpaired) electrons. The van der Waals surface area contributed by atoms with Crippen LogP contribution >= 0.6 is 0 Å². The van der Waals surface area contributed by atoms with Crippen LogP contribution in [0, 0.1) is 6.92 Å². The van der Waals surface area contributed by atoms with Crippen LogP contribution in [0.1, 0.15) is 31.2 Å². The van der Waals surface area contributed by atoms with Crippen LogP contribution in [-0.4, -0.2) is 17.8 Å². The summed E-state index contributed by atoms with van der Waals surface area (Å²) in [5.74, 6) is 0.452. The quantitative estimate of drug-likeness (QED) is 0.560. The van der Waals surface area contributed by atoms with Gasteiger partial charge in [-0.2, -0.15) is 0 Å². The fourth-order valence-electron chi connectivity index (χ4n) is 1.06. The molecule has 3 heteroatoms. The SMILES string of the molecule is [B]c1nc(C(C)C)c(C)[nH]1. The van der Waals surface area contributed by atoms with Crippen molar-refractivity contribution in [3.8, 4) is 0 Å². The Labute approximate surface area is 62.5 Å². The number of H-pyrrole nitrogens is 1. The van der Waals surface area contributed by atoms with Crippen molar-refractivity contribution in [2.75, 3.05) is 0 Å². The third kappa shape index (κ3) is 1.23. The van der Waals surface area contributed by atoms with Gasteiger partial charge in [-0.1, -0.05) is 13.8 Å². The van der Waals surface area contributed by atoms with Crippen LogP contribution in [0.25, 0.3) is 0 Å². The molecular weight excluding hydrogens is 123 g/mol. The van der Waals surface area contributed by atoms with Gasteiger partial charge in [-0.25, -0.2) is 0 Å². The molecule has 0 saturated heterocycles. The molecule has 1 aromatic rings. The van der Waals surface area contributed by atoms with Gasteiger partial charge in [0.1, 0.15) is 0 Å². The second-order valence-electron chi connectivity index (χ2n) is 2.79. The summed E-state index contributed by atoms with van der Waals surface area (Å²) >= 11 is 0. The molecule has 1 aromatic heterocycles. The molecule has 1 heterocycles. The van der Waals surface area contributed by atoms with Gasteiger partial charge in [-0.3, -0.25) is 4.98 Å². The number of aromatic nitrogens is 2. The van der Waals surface area contributed by atoms with Crippen molar-refractivity contribution in [3.63, 3.8) is 0 Å². The molecule has 1 N–H and O–H groups in total.